The molecule has 0 bridgehead atoms. The minimum atomic E-state index is -0.610. The summed E-state index contributed by atoms with van der Waals surface area (Å²) in [5, 5.41) is 12.1. The van der Waals surface area contributed by atoms with Gasteiger partial charge in [0.25, 0.3) is 5.91 Å². The largest absolute Gasteiger partial charge is 0.479 e. The number of benzene rings is 1. The zero-order valence-electron chi connectivity index (χ0n) is 11.2. The quantitative estimate of drug-likeness (QED) is 0.808. The van der Waals surface area contributed by atoms with Gasteiger partial charge < -0.3 is 15.2 Å². The lowest BCUT2D eigenvalue weighted by atomic mass is 10.1. The number of aliphatic hydroxyl groups is 1. The number of nitrogens with one attached hydrogen (secondary N) is 1. The Balaban J connectivity index is 2.43. The Labute approximate surface area is 118 Å². The number of amides is 1. The van der Waals surface area contributed by atoms with E-state index in [-0.39, 0.29) is 18.4 Å². The van der Waals surface area contributed by atoms with Crippen molar-refractivity contribution in [2.75, 3.05) is 13.2 Å². The summed E-state index contributed by atoms with van der Waals surface area (Å²) in [6, 6.07) is 7.04. The zero-order chi connectivity index (χ0) is 14.3. The van der Waals surface area contributed by atoms with Gasteiger partial charge in [0, 0.05) is 13.2 Å². The molecule has 1 aromatic rings. The van der Waals surface area contributed by atoms with Crippen LogP contribution in [0.25, 0.3) is 0 Å². The molecule has 1 aromatic carbocycles. The van der Waals surface area contributed by atoms with Crippen molar-refractivity contribution in [3.05, 3.63) is 29.3 Å². The molecule has 2 unspecified atom stereocenters. The highest BCUT2D eigenvalue weighted by molar-refractivity contribution is 6.32. The first-order valence-corrected chi connectivity index (χ1v) is 6.72. The monoisotopic (exact) mass is 285 g/mol. The van der Waals surface area contributed by atoms with E-state index in [0.717, 1.165) is 0 Å². The van der Waals surface area contributed by atoms with Crippen LogP contribution in [0.15, 0.2) is 24.3 Å². The van der Waals surface area contributed by atoms with E-state index in [1.165, 1.54) is 0 Å². The molecule has 19 heavy (non-hydrogen) atoms. The highest BCUT2D eigenvalue weighted by Crippen LogP contribution is 2.24. The second kappa shape index (κ2) is 8.02. The van der Waals surface area contributed by atoms with Crippen molar-refractivity contribution in [1.82, 2.24) is 5.32 Å². The summed E-state index contributed by atoms with van der Waals surface area (Å²) in [5.74, 6) is 0.543. The Morgan fingerprint density at radius 1 is 1.42 bits per heavy atom. The van der Waals surface area contributed by atoms with Gasteiger partial charge in [0.05, 0.1) is 5.02 Å². The number of para-hydroxylation sites is 1. The van der Waals surface area contributed by atoms with Crippen molar-refractivity contribution in [3.8, 4) is 5.75 Å². The van der Waals surface area contributed by atoms with Gasteiger partial charge in [0.15, 0.2) is 6.10 Å². The maximum Gasteiger partial charge on any atom is 0.260 e. The Kier molecular flexibility index (Phi) is 6.67. The number of hydrogen-bond donors (Lipinski definition) is 2. The maximum atomic E-state index is 11.8. The summed E-state index contributed by atoms with van der Waals surface area (Å²) in [7, 11) is 0. The van der Waals surface area contributed by atoms with Crippen molar-refractivity contribution in [2.24, 2.45) is 5.92 Å². The SMILES string of the molecule is CC(CCO)CNC(=O)C(C)Oc1ccccc1Cl. The van der Waals surface area contributed by atoms with Crippen LogP contribution in [0.2, 0.25) is 5.02 Å². The molecule has 1 rings (SSSR count). The molecule has 2 atom stereocenters. The highest BCUT2D eigenvalue weighted by atomic mass is 35.5. The molecule has 0 spiro atoms. The predicted octanol–water partition coefficient (Wildman–Crippen LogP) is 2.24. The fraction of sp³-hybridized carbons (Fsp3) is 0.500. The maximum absolute atomic E-state index is 11.8. The van der Waals surface area contributed by atoms with Gasteiger partial charge in [-0.15, -0.1) is 0 Å². The zero-order valence-corrected chi connectivity index (χ0v) is 12.0. The van der Waals surface area contributed by atoms with Crippen LogP contribution < -0.4 is 10.1 Å². The molecule has 0 saturated carbocycles. The number of carbonyl (C=O) groups is 1. The minimum absolute atomic E-state index is 0.128. The molecule has 2 N–H and O–H groups in total. The van der Waals surface area contributed by atoms with E-state index in [1.54, 1.807) is 31.2 Å². The molecule has 0 aromatic heterocycles. The summed E-state index contributed by atoms with van der Waals surface area (Å²) in [6.45, 7) is 4.30. The van der Waals surface area contributed by atoms with Crippen LogP contribution in [0.3, 0.4) is 0 Å². The van der Waals surface area contributed by atoms with Gasteiger partial charge in [-0.05, 0) is 31.4 Å². The third-order valence-corrected chi connectivity index (χ3v) is 3.07. The number of carbonyl (C=O) groups excluding carboxylic acids is 1. The normalized spacial score (nSPS) is 13.7. The molecule has 0 heterocycles. The topological polar surface area (TPSA) is 58.6 Å². The second-order valence-electron chi connectivity index (χ2n) is 4.55. The second-order valence-corrected chi connectivity index (χ2v) is 4.96. The third kappa shape index (κ3) is 5.49. The molecule has 106 valence electrons. The Hall–Kier alpha value is -1.26. The molecular formula is C14H20ClNO3. The van der Waals surface area contributed by atoms with Crippen molar-refractivity contribution >= 4 is 17.5 Å². The average molecular weight is 286 g/mol. The number of aliphatic hydroxyl groups excluding tert-OH is 1. The van der Waals surface area contributed by atoms with Gasteiger partial charge in [-0.2, -0.15) is 0 Å². The van der Waals surface area contributed by atoms with Gasteiger partial charge in [-0.3, -0.25) is 4.79 Å². The van der Waals surface area contributed by atoms with Crippen LogP contribution in [-0.4, -0.2) is 30.3 Å². The van der Waals surface area contributed by atoms with Gasteiger partial charge >= 0.3 is 0 Å². The van der Waals surface area contributed by atoms with E-state index >= 15 is 0 Å². The summed E-state index contributed by atoms with van der Waals surface area (Å²) in [6.07, 6.45) is 0.0567. The minimum Gasteiger partial charge on any atom is -0.479 e. The first-order chi connectivity index (χ1) is 9.04. The molecule has 0 saturated heterocycles. The molecule has 4 nitrogen and oxygen atoms in total. The van der Waals surface area contributed by atoms with E-state index < -0.39 is 6.10 Å². The van der Waals surface area contributed by atoms with Crippen LogP contribution in [0.1, 0.15) is 20.3 Å². The van der Waals surface area contributed by atoms with Crippen LogP contribution in [0.5, 0.6) is 5.75 Å². The lowest BCUT2D eigenvalue weighted by molar-refractivity contribution is -0.127. The molecule has 1 amide bonds. The van der Waals surface area contributed by atoms with Crippen LogP contribution >= 0.6 is 11.6 Å². The predicted molar refractivity (Wildman–Crippen MR) is 75.4 cm³/mol. The number of halogens is 1. The van der Waals surface area contributed by atoms with Crippen LogP contribution in [0, 0.1) is 5.92 Å². The molecular weight excluding hydrogens is 266 g/mol. The van der Waals surface area contributed by atoms with Gasteiger partial charge in [0.1, 0.15) is 5.75 Å². The molecule has 0 aliphatic rings. The Morgan fingerprint density at radius 2 is 2.11 bits per heavy atom. The van der Waals surface area contributed by atoms with Gasteiger partial charge in [-0.1, -0.05) is 30.7 Å². The molecule has 0 aliphatic carbocycles. The first-order valence-electron chi connectivity index (χ1n) is 6.34. The van der Waals surface area contributed by atoms with Crippen molar-refractivity contribution < 1.29 is 14.6 Å². The standard InChI is InChI=1S/C14H20ClNO3/c1-10(7-8-17)9-16-14(18)11(2)19-13-6-4-3-5-12(13)15/h3-6,10-11,17H,7-9H2,1-2H3,(H,16,18). The van der Waals surface area contributed by atoms with Crippen LogP contribution in [-0.2, 0) is 4.79 Å². The number of hydrogen-bond acceptors (Lipinski definition) is 3. The fourth-order valence-electron chi connectivity index (χ4n) is 1.53. The van der Waals surface area contributed by atoms with Crippen LogP contribution in [0.4, 0.5) is 0 Å². The molecule has 0 fully saturated rings. The van der Waals surface area contributed by atoms with Gasteiger partial charge in [-0.25, -0.2) is 0 Å². The highest BCUT2D eigenvalue weighted by Gasteiger charge is 2.16. The van der Waals surface area contributed by atoms with E-state index in [0.29, 0.717) is 23.7 Å². The van der Waals surface area contributed by atoms with E-state index in [2.05, 4.69) is 5.32 Å². The first kappa shape index (κ1) is 15.8. The lowest BCUT2D eigenvalue weighted by Gasteiger charge is -2.17. The summed E-state index contributed by atoms with van der Waals surface area (Å²) in [4.78, 5) is 11.8. The summed E-state index contributed by atoms with van der Waals surface area (Å²) >= 11 is 5.96. The molecule has 0 aliphatic heterocycles. The number of ether oxygens (including phenoxy) is 1. The smallest absolute Gasteiger partial charge is 0.260 e. The van der Waals surface area contributed by atoms with Crippen molar-refractivity contribution in [2.45, 2.75) is 26.4 Å². The number of rotatable bonds is 7. The fourth-order valence-corrected chi connectivity index (χ4v) is 1.71. The molecule has 5 heteroatoms. The van der Waals surface area contributed by atoms with E-state index in [9.17, 15) is 4.79 Å². The average Bonchev–Trinajstić information content (AvgIpc) is 2.39. The van der Waals surface area contributed by atoms with Crippen molar-refractivity contribution in [3.63, 3.8) is 0 Å². The Morgan fingerprint density at radius 3 is 2.74 bits per heavy atom. The lowest BCUT2D eigenvalue weighted by Crippen LogP contribution is -2.38. The third-order valence-electron chi connectivity index (χ3n) is 2.76. The van der Waals surface area contributed by atoms with Gasteiger partial charge in [0.2, 0.25) is 0 Å². The van der Waals surface area contributed by atoms with E-state index in [4.69, 9.17) is 21.4 Å². The van der Waals surface area contributed by atoms with Crippen molar-refractivity contribution in [1.29, 1.82) is 0 Å². The Bertz CT molecular complexity index is 411. The van der Waals surface area contributed by atoms with E-state index in [1.807, 2.05) is 6.92 Å². The summed E-state index contributed by atoms with van der Waals surface area (Å²) in [5.41, 5.74) is 0. The summed E-state index contributed by atoms with van der Waals surface area (Å²) < 4.78 is 5.51. The molecule has 0 radical (unpaired) electrons.